The summed E-state index contributed by atoms with van der Waals surface area (Å²) in [6.45, 7) is 2.91. The number of hydrogen-bond donors (Lipinski definition) is 3. The number of carbonyl (C=O) groups excluding carboxylic acids is 3. The van der Waals surface area contributed by atoms with E-state index in [2.05, 4.69) is 20.6 Å². The molecule has 4 aromatic carbocycles. The number of aromatic hydroxyl groups is 1. The molecule has 282 valence electrons. The topological polar surface area (TPSA) is 161 Å². The Morgan fingerprint density at radius 1 is 0.737 bits per heavy atom. The third kappa shape index (κ3) is 6.68. The third-order valence-corrected chi connectivity index (χ3v) is 10.2. The van der Waals surface area contributed by atoms with Crippen molar-refractivity contribution in [1.82, 2.24) is 9.97 Å². The van der Waals surface area contributed by atoms with Crippen molar-refractivity contribution in [2.45, 2.75) is 26.9 Å². The second-order valence-corrected chi connectivity index (χ2v) is 13.9. The van der Waals surface area contributed by atoms with Crippen molar-refractivity contribution in [2.24, 2.45) is 0 Å². The number of anilines is 2. The zero-order chi connectivity index (χ0) is 40.0. The number of hydrogen-bond acceptors (Lipinski definition) is 11. The summed E-state index contributed by atoms with van der Waals surface area (Å²) < 4.78 is 11.6. The summed E-state index contributed by atoms with van der Waals surface area (Å²) in [6, 6.07) is 29.7. The molecule has 0 fully saturated rings. The number of carbonyl (C=O) groups is 3. The van der Waals surface area contributed by atoms with Crippen LogP contribution in [-0.2, 0) is 17.8 Å². The SMILES string of the molecule is COC(=O)c1ccc2cccc(NCc3c(O)c(Cl)cc4c(-c5ccccc5C(C)=O)c5ccc(=O)c(CNc6cccc7ccc(C(C)=O)nc67)c-5oc34)c2n1. The summed E-state index contributed by atoms with van der Waals surface area (Å²) >= 11 is 6.77. The standard InChI is InChI=1S/C45H33ClN4O7/c1-23(51)27-10-4-5-11-28(27)39-29-16-19-38(53)31(21-47-35-12-6-8-25-14-17-34(24(2)52)49-40(25)35)43(29)57-44-30(39)20-33(46)42(54)32(44)22-48-36-13-7-9-26-15-18-37(45(55)56-3)50-41(26)36/h4-20,47-48,54H,21-22H2,1-3H3. The molecule has 1 aliphatic heterocycles. The number of ketones is 2. The Labute approximate surface area is 330 Å². The average molecular weight is 777 g/mol. The van der Waals surface area contributed by atoms with Crippen LogP contribution < -0.4 is 16.1 Å². The number of phenols is 1. The lowest BCUT2D eigenvalue weighted by molar-refractivity contribution is 0.0594. The summed E-state index contributed by atoms with van der Waals surface area (Å²) in [5.41, 5.74) is 5.23. The number of benzene rings is 5. The zero-order valence-corrected chi connectivity index (χ0v) is 31.7. The molecule has 0 spiro atoms. The number of halogens is 1. The van der Waals surface area contributed by atoms with Crippen LogP contribution in [0.1, 0.15) is 56.3 Å². The molecule has 0 atom stereocenters. The van der Waals surface area contributed by atoms with Crippen molar-refractivity contribution in [3.63, 3.8) is 0 Å². The number of esters is 1. The molecular formula is C45H33ClN4O7. The van der Waals surface area contributed by atoms with Crippen LogP contribution in [-0.4, -0.2) is 39.7 Å². The van der Waals surface area contributed by atoms with E-state index in [4.69, 9.17) is 20.8 Å². The van der Waals surface area contributed by atoms with Gasteiger partial charge in [-0.2, -0.15) is 0 Å². The van der Waals surface area contributed by atoms with E-state index in [0.717, 1.165) is 10.8 Å². The van der Waals surface area contributed by atoms with Gasteiger partial charge in [0.2, 0.25) is 0 Å². The fourth-order valence-electron chi connectivity index (χ4n) is 7.14. The average Bonchev–Trinajstić information content (AvgIpc) is 3.22. The zero-order valence-electron chi connectivity index (χ0n) is 30.9. The molecule has 0 unspecified atom stereocenters. The molecule has 0 saturated carbocycles. The molecule has 0 saturated heterocycles. The maximum atomic E-state index is 13.8. The molecule has 3 heterocycles. The minimum absolute atomic E-state index is 0.00141. The first-order chi connectivity index (χ1) is 27.5. The van der Waals surface area contributed by atoms with Crippen LogP contribution in [0.5, 0.6) is 5.75 Å². The van der Waals surface area contributed by atoms with Gasteiger partial charge in [0.25, 0.3) is 0 Å². The number of pyridine rings is 2. The smallest absolute Gasteiger partial charge is 0.356 e. The highest BCUT2D eigenvalue weighted by atomic mass is 35.5. The Morgan fingerprint density at radius 3 is 2.02 bits per heavy atom. The quantitative estimate of drug-likeness (QED) is 0.0689. The second kappa shape index (κ2) is 14.9. The van der Waals surface area contributed by atoms with E-state index >= 15 is 0 Å². The molecule has 0 radical (unpaired) electrons. The number of aromatic nitrogens is 2. The minimum Gasteiger partial charge on any atom is -0.506 e. The van der Waals surface area contributed by atoms with Crippen LogP contribution in [0, 0.1) is 0 Å². The number of fused-ring (bicyclic) bond motifs is 4. The lowest BCUT2D eigenvalue weighted by Gasteiger charge is -2.22. The molecule has 0 bridgehead atoms. The van der Waals surface area contributed by atoms with E-state index in [1.807, 2.05) is 48.5 Å². The van der Waals surface area contributed by atoms with Gasteiger partial charge >= 0.3 is 5.97 Å². The van der Waals surface area contributed by atoms with E-state index in [1.165, 1.54) is 27.0 Å². The van der Waals surface area contributed by atoms with Crippen molar-refractivity contribution in [2.75, 3.05) is 17.7 Å². The highest BCUT2D eigenvalue weighted by Crippen LogP contribution is 2.47. The normalized spacial score (nSPS) is 11.3. The molecule has 57 heavy (non-hydrogen) atoms. The molecule has 6 aromatic rings. The largest absolute Gasteiger partial charge is 0.506 e. The van der Waals surface area contributed by atoms with Crippen molar-refractivity contribution in [3.8, 4) is 28.2 Å². The van der Waals surface area contributed by atoms with Gasteiger partial charge in [0, 0.05) is 52.9 Å². The maximum absolute atomic E-state index is 13.8. The fourth-order valence-corrected chi connectivity index (χ4v) is 7.36. The molecule has 2 aromatic heterocycles. The van der Waals surface area contributed by atoms with Crippen molar-refractivity contribution >= 4 is 73.3 Å². The number of nitrogens with zero attached hydrogens (tertiary/aromatic N) is 2. The Bertz CT molecular complexity index is 3000. The van der Waals surface area contributed by atoms with Gasteiger partial charge in [0.1, 0.15) is 28.5 Å². The van der Waals surface area contributed by atoms with Crippen LogP contribution in [0.15, 0.2) is 112 Å². The summed E-state index contributed by atoms with van der Waals surface area (Å²) in [5, 5.41) is 20.3. The molecule has 8 rings (SSSR count). The van der Waals surface area contributed by atoms with Crippen molar-refractivity contribution in [1.29, 1.82) is 0 Å². The van der Waals surface area contributed by atoms with Crippen LogP contribution in [0.2, 0.25) is 5.02 Å². The predicted octanol–water partition coefficient (Wildman–Crippen LogP) is 9.44. The van der Waals surface area contributed by atoms with Gasteiger partial charge in [-0.3, -0.25) is 14.4 Å². The van der Waals surface area contributed by atoms with Crippen LogP contribution in [0.4, 0.5) is 11.4 Å². The Balaban J connectivity index is 1.33. The van der Waals surface area contributed by atoms with Crippen molar-refractivity contribution in [3.05, 3.63) is 146 Å². The van der Waals surface area contributed by atoms with Crippen molar-refractivity contribution < 1.29 is 28.6 Å². The lowest BCUT2D eigenvalue weighted by Crippen LogP contribution is -2.15. The first-order valence-corrected chi connectivity index (χ1v) is 18.3. The van der Waals surface area contributed by atoms with Gasteiger partial charge in [-0.15, -0.1) is 0 Å². The van der Waals surface area contributed by atoms with E-state index in [-0.39, 0.29) is 69.0 Å². The third-order valence-electron chi connectivity index (χ3n) is 9.94. The highest BCUT2D eigenvalue weighted by Gasteiger charge is 2.27. The Morgan fingerprint density at radius 2 is 1.37 bits per heavy atom. The van der Waals surface area contributed by atoms with Gasteiger partial charge in [0.05, 0.1) is 45.7 Å². The molecule has 2 aliphatic rings. The summed E-state index contributed by atoms with van der Waals surface area (Å²) in [4.78, 5) is 60.6. The summed E-state index contributed by atoms with van der Waals surface area (Å²) in [5.74, 6) is -0.969. The molecule has 12 heteroatoms. The summed E-state index contributed by atoms with van der Waals surface area (Å²) in [7, 11) is 1.28. The highest BCUT2D eigenvalue weighted by molar-refractivity contribution is 6.33. The monoisotopic (exact) mass is 776 g/mol. The number of para-hydroxylation sites is 2. The number of Topliss-reactive ketones (excluding diaryl/α,β-unsaturated/α-hetero) is 2. The van der Waals surface area contributed by atoms with Crippen LogP contribution in [0.3, 0.4) is 0 Å². The van der Waals surface area contributed by atoms with E-state index < -0.39 is 5.97 Å². The van der Waals surface area contributed by atoms with Crippen LogP contribution >= 0.6 is 11.6 Å². The van der Waals surface area contributed by atoms with Gasteiger partial charge in [0.15, 0.2) is 17.0 Å². The summed E-state index contributed by atoms with van der Waals surface area (Å²) in [6.07, 6.45) is 0. The predicted molar refractivity (Wildman–Crippen MR) is 221 cm³/mol. The van der Waals surface area contributed by atoms with E-state index in [1.54, 1.807) is 48.5 Å². The Kier molecular flexibility index (Phi) is 9.60. The first kappa shape index (κ1) is 36.8. The number of nitrogens with one attached hydrogen (secondary N) is 2. The molecule has 1 aliphatic carbocycles. The number of ether oxygens (including phenoxy) is 1. The number of methoxy groups -OCH3 is 1. The van der Waals surface area contributed by atoms with E-state index in [0.29, 0.717) is 55.7 Å². The fraction of sp³-hybridized carbons (Fsp3) is 0.111. The molecular weight excluding hydrogens is 744 g/mol. The van der Waals surface area contributed by atoms with E-state index in [9.17, 15) is 24.3 Å². The van der Waals surface area contributed by atoms with Gasteiger partial charge in [-0.25, -0.2) is 14.8 Å². The molecule has 0 amide bonds. The van der Waals surface area contributed by atoms with Gasteiger partial charge in [-0.05, 0) is 55.0 Å². The minimum atomic E-state index is -0.588. The van der Waals surface area contributed by atoms with Gasteiger partial charge < -0.3 is 24.9 Å². The Hall–Kier alpha value is -7.11. The second-order valence-electron chi connectivity index (χ2n) is 13.5. The maximum Gasteiger partial charge on any atom is 0.356 e. The lowest BCUT2D eigenvalue weighted by atomic mass is 9.87. The number of rotatable bonds is 10. The first-order valence-electron chi connectivity index (χ1n) is 17.9. The number of phenolic OH excluding ortho intramolecular Hbond substituents is 1. The van der Waals surface area contributed by atoms with Crippen LogP contribution in [0.25, 0.3) is 55.2 Å². The molecule has 11 nitrogen and oxygen atoms in total. The molecule has 3 N–H and O–H groups in total. The van der Waals surface area contributed by atoms with Gasteiger partial charge in [-0.1, -0.05) is 72.3 Å².